The van der Waals surface area contributed by atoms with Crippen LogP contribution in [0, 0.1) is 5.41 Å². The minimum atomic E-state index is -1.86. The van der Waals surface area contributed by atoms with E-state index in [1.807, 2.05) is 78.8 Å². The zero-order valence-electron chi connectivity index (χ0n) is 23.6. The lowest BCUT2D eigenvalue weighted by molar-refractivity contribution is -0.129. The van der Waals surface area contributed by atoms with Crippen LogP contribution in [-0.2, 0) is 35.0 Å². The van der Waals surface area contributed by atoms with Crippen molar-refractivity contribution in [1.29, 1.82) is 0 Å². The molecular formula is C29H41FN2O5S. The van der Waals surface area contributed by atoms with Crippen molar-refractivity contribution < 1.29 is 28.3 Å². The van der Waals surface area contributed by atoms with E-state index in [9.17, 15) is 14.5 Å². The van der Waals surface area contributed by atoms with E-state index in [2.05, 4.69) is 4.72 Å². The fraction of sp³-hybridized carbons (Fsp3) is 0.552. The number of alkyl halides is 1. The van der Waals surface area contributed by atoms with E-state index in [-0.39, 0.29) is 19.2 Å². The number of carbonyl (C=O) groups is 1. The van der Waals surface area contributed by atoms with Gasteiger partial charge in [0.25, 0.3) is 0 Å². The van der Waals surface area contributed by atoms with Gasteiger partial charge in [0.05, 0.1) is 39.0 Å². The van der Waals surface area contributed by atoms with Crippen LogP contribution in [0.2, 0.25) is 0 Å². The molecule has 38 heavy (non-hydrogen) atoms. The molecule has 4 atom stereocenters. The van der Waals surface area contributed by atoms with Crippen LogP contribution < -0.4 is 9.46 Å². The third-order valence-corrected chi connectivity index (χ3v) is 8.42. The Hall–Kier alpha value is -2.33. The highest BCUT2D eigenvalue weighted by atomic mass is 32.2. The van der Waals surface area contributed by atoms with E-state index in [0.717, 1.165) is 22.4 Å². The number of halogens is 1. The molecule has 1 amide bonds. The van der Waals surface area contributed by atoms with Gasteiger partial charge in [-0.05, 0) is 67.5 Å². The summed E-state index contributed by atoms with van der Waals surface area (Å²) >= 11 is -1.33. The molecular weight excluding hydrogens is 507 g/mol. The maximum atomic E-state index is 16.7. The third kappa shape index (κ3) is 6.81. The van der Waals surface area contributed by atoms with Gasteiger partial charge >= 0.3 is 6.09 Å². The van der Waals surface area contributed by atoms with Gasteiger partial charge in [-0.2, -0.15) is 0 Å². The average Bonchev–Trinajstić information content (AvgIpc) is 2.80. The van der Waals surface area contributed by atoms with Crippen LogP contribution in [0.3, 0.4) is 0 Å². The van der Waals surface area contributed by atoms with Gasteiger partial charge in [-0.1, -0.05) is 51.1 Å². The Bertz CT molecular complexity index is 1120. The van der Waals surface area contributed by atoms with Crippen LogP contribution in [-0.4, -0.2) is 45.1 Å². The summed E-state index contributed by atoms with van der Waals surface area (Å²) in [5, 5.41) is 9.66. The van der Waals surface area contributed by atoms with Crippen LogP contribution in [0.1, 0.15) is 76.8 Å². The summed E-state index contributed by atoms with van der Waals surface area (Å²) in [5.41, 5.74) is 0.431. The largest absolute Gasteiger partial charge is 0.598 e. The summed E-state index contributed by atoms with van der Waals surface area (Å²) in [6, 6.07) is 11.9. The number of nitrogens with zero attached hydrogens (tertiary/aromatic N) is 1. The van der Waals surface area contributed by atoms with Crippen molar-refractivity contribution >= 4 is 17.5 Å². The second kappa shape index (κ2) is 11.4. The van der Waals surface area contributed by atoms with Crippen molar-refractivity contribution in [1.82, 2.24) is 9.62 Å². The molecule has 210 valence electrons. The Morgan fingerprint density at radius 1 is 1.16 bits per heavy atom. The minimum Gasteiger partial charge on any atom is -0.598 e. The highest BCUT2D eigenvalue weighted by molar-refractivity contribution is 7.90. The number of carboxylic acid groups (broad SMARTS) is 1. The zero-order valence-corrected chi connectivity index (χ0v) is 24.4. The van der Waals surface area contributed by atoms with Gasteiger partial charge in [0.1, 0.15) is 10.5 Å². The van der Waals surface area contributed by atoms with Crippen molar-refractivity contribution in [3.05, 3.63) is 64.7 Å². The highest BCUT2D eigenvalue weighted by Gasteiger charge is 2.61. The Kier molecular flexibility index (Phi) is 9.08. The standard InChI is InChI=1S/C29H41FN2O5S/c1-19(31-38(35)28(5,6)7)22-13-21(17-37-16-20-9-11-24(36-8)12-10-20)14-23(15-22)29(30)18-32(26(33)34)25(29)27(2,3)4/h9-15,19,25,31H,16-18H2,1-8H3,(H,33,34)/t19-,25?,29?,38-/m1/s1. The SMILES string of the molecule is COc1ccc(COCc2cc([C@@H](C)N[S@+]([O-])C(C)(C)C)cc(C3(F)CN(C(=O)O)C3C(C)(C)C)c2)cc1. The molecule has 1 aliphatic heterocycles. The summed E-state index contributed by atoms with van der Waals surface area (Å²) in [6.07, 6.45) is -1.13. The molecule has 0 bridgehead atoms. The first-order chi connectivity index (χ1) is 17.6. The molecule has 2 aromatic rings. The summed E-state index contributed by atoms with van der Waals surface area (Å²) in [6.45, 7) is 13.5. The number of hydrogen-bond acceptors (Lipinski definition) is 5. The number of amides is 1. The summed E-state index contributed by atoms with van der Waals surface area (Å²) in [4.78, 5) is 13.0. The van der Waals surface area contributed by atoms with E-state index in [4.69, 9.17) is 9.47 Å². The number of methoxy groups -OCH3 is 1. The molecule has 2 N–H and O–H groups in total. The first kappa shape index (κ1) is 30.2. The summed E-state index contributed by atoms with van der Waals surface area (Å²) in [7, 11) is 1.61. The second-order valence-electron chi connectivity index (χ2n) is 12.1. The van der Waals surface area contributed by atoms with Gasteiger partial charge in [0.2, 0.25) is 0 Å². The number of rotatable bonds is 9. The topological polar surface area (TPSA) is 94.1 Å². The second-order valence-corrected chi connectivity index (χ2v) is 14.1. The van der Waals surface area contributed by atoms with Crippen molar-refractivity contribution in [2.24, 2.45) is 5.41 Å². The van der Waals surface area contributed by atoms with Crippen LogP contribution in [0.25, 0.3) is 0 Å². The van der Waals surface area contributed by atoms with Crippen molar-refractivity contribution in [2.45, 2.75) is 84.2 Å². The van der Waals surface area contributed by atoms with E-state index in [0.29, 0.717) is 12.2 Å². The van der Waals surface area contributed by atoms with E-state index >= 15 is 4.39 Å². The zero-order chi connectivity index (χ0) is 28.5. The molecule has 1 fully saturated rings. The molecule has 0 saturated carbocycles. The van der Waals surface area contributed by atoms with Crippen molar-refractivity contribution in [2.75, 3.05) is 13.7 Å². The summed E-state index contributed by atoms with van der Waals surface area (Å²) in [5.74, 6) is 0.762. The number of ether oxygens (including phenoxy) is 2. The van der Waals surface area contributed by atoms with Gasteiger partial charge in [-0.3, -0.25) is 4.90 Å². The first-order valence-electron chi connectivity index (χ1n) is 12.8. The molecule has 3 rings (SSSR count). The van der Waals surface area contributed by atoms with Crippen LogP contribution in [0.4, 0.5) is 9.18 Å². The molecule has 2 aromatic carbocycles. The normalized spacial score (nSPS) is 21.5. The Morgan fingerprint density at radius 2 is 1.76 bits per heavy atom. The molecule has 7 nitrogen and oxygen atoms in total. The Labute approximate surface area is 229 Å². The van der Waals surface area contributed by atoms with Gasteiger partial charge in [-0.15, -0.1) is 4.72 Å². The van der Waals surface area contributed by atoms with Crippen LogP contribution >= 0.6 is 0 Å². The van der Waals surface area contributed by atoms with Crippen LogP contribution in [0.5, 0.6) is 5.75 Å². The van der Waals surface area contributed by atoms with Crippen LogP contribution in [0.15, 0.2) is 42.5 Å². The fourth-order valence-electron chi connectivity index (χ4n) is 4.85. The molecule has 0 radical (unpaired) electrons. The lowest BCUT2D eigenvalue weighted by Crippen LogP contribution is -2.70. The van der Waals surface area contributed by atoms with E-state index in [1.54, 1.807) is 19.2 Å². The monoisotopic (exact) mass is 548 g/mol. The van der Waals surface area contributed by atoms with Crippen molar-refractivity contribution in [3.8, 4) is 5.75 Å². The predicted octanol–water partition coefficient (Wildman–Crippen LogP) is 6.10. The third-order valence-electron chi connectivity index (χ3n) is 6.74. The number of nitrogens with one attached hydrogen (secondary N) is 1. The van der Waals surface area contributed by atoms with Gasteiger partial charge < -0.3 is 19.1 Å². The lowest BCUT2D eigenvalue weighted by atomic mass is 9.67. The van der Waals surface area contributed by atoms with E-state index in [1.165, 1.54) is 4.90 Å². The van der Waals surface area contributed by atoms with Gasteiger partial charge in [0.15, 0.2) is 5.67 Å². The Balaban J connectivity index is 1.92. The van der Waals surface area contributed by atoms with E-state index < -0.39 is 39.3 Å². The molecule has 0 spiro atoms. The first-order valence-corrected chi connectivity index (χ1v) is 13.9. The molecule has 9 heteroatoms. The minimum absolute atomic E-state index is 0.237. The lowest BCUT2D eigenvalue weighted by Gasteiger charge is -2.56. The quantitative estimate of drug-likeness (QED) is 0.368. The number of hydrogen-bond donors (Lipinski definition) is 2. The molecule has 1 heterocycles. The molecule has 1 aliphatic rings. The maximum Gasteiger partial charge on any atom is 0.407 e. The Morgan fingerprint density at radius 3 is 2.29 bits per heavy atom. The fourth-order valence-corrected chi connectivity index (χ4v) is 5.66. The number of likely N-dealkylation sites (tertiary alicyclic amines) is 1. The summed E-state index contributed by atoms with van der Waals surface area (Å²) < 4.78 is 43.3. The maximum absolute atomic E-state index is 16.7. The molecule has 0 aromatic heterocycles. The highest BCUT2D eigenvalue weighted by Crippen LogP contribution is 2.50. The van der Waals surface area contributed by atoms with Gasteiger partial charge in [0, 0.05) is 11.4 Å². The van der Waals surface area contributed by atoms with Gasteiger partial charge in [-0.25, -0.2) is 9.18 Å². The predicted molar refractivity (Wildman–Crippen MR) is 148 cm³/mol. The average molecular weight is 549 g/mol. The molecule has 1 saturated heterocycles. The molecule has 2 unspecified atom stereocenters. The number of benzene rings is 2. The van der Waals surface area contributed by atoms with Crippen molar-refractivity contribution in [3.63, 3.8) is 0 Å². The smallest absolute Gasteiger partial charge is 0.407 e. The molecule has 0 aliphatic carbocycles.